The fourth-order valence-corrected chi connectivity index (χ4v) is 3.76. The average Bonchev–Trinajstić information content (AvgIpc) is 2.63. The standard InChI is InChI=1S/C21H37NO6/c1-4-20(25)27-16(3)28-21(26)22-18-10-7-9-17(14-18)13-12-15(2)8-5-6-11-19(23)24/h15-18H,4-14H2,1-3H3,(H,22,26)(H,23,24)/t15-,16+,17?,18?/m1/s1. The van der Waals surface area contributed by atoms with Gasteiger partial charge in [0.1, 0.15) is 0 Å². The monoisotopic (exact) mass is 399 g/mol. The lowest BCUT2D eigenvalue weighted by Crippen LogP contribution is -2.40. The molecule has 0 heterocycles. The van der Waals surface area contributed by atoms with Gasteiger partial charge >= 0.3 is 18.0 Å². The van der Waals surface area contributed by atoms with Gasteiger partial charge < -0.3 is 19.9 Å². The Balaban J connectivity index is 2.23. The number of amides is 1. The van der Waals surface area contributed by atoms with E-state index >= 15 is 0 Å². The molecule has 0 radical (unpaired) electrons. The predicted octanol–water partition coefficient (Wildman–Crippen LogP) is 4.63. The molecule has 0 aliphatic heterocycles. The topological polar surface area (TPSA) is 102 Å². The van der Waals surface area contributed by atoms with Crippen LogP contribution in [0.15, 0.2) is 0 Å². The van der Waals surface area contributed by atoms with Crippen molar-refractivity contribution in [2.24, 2.45) is 11.8 Å². The van der Waals surface area contributed by atoms with Gasteiger partial charge in [0.05, 0.1) is 0 Å². The molecule has 28 heavy (non-hydrogen) atoms. The molecule has 0 bridgehead atoms. The van der Waals surface area contributed by atoms with E-state index in [4.69, 9.17) is 14.6 Å². The highest BCUT2D eigenvalue weighted by molar-refractivity contribution is 5.70. The van der Waals surface area contributed by atoms with Gasteiger partial charge in [-0.3, -0.25) is 9.59 Å². The van der Waals surface area contributed by atoms with Crippen LogP contribution in [-0.2, 0) is 19.1 Å². The lowest BCUT2D eigenvalue weighted by molar-refractivity contribution is -0.164. The van der Waals surface area contributed by atoms with Crippen molar-refractivity contribution in [3.8, 4) is 0 Å². The van der Waals surface area contributed by atoms with Crippen LogP contribution in [0.2, 0.25) is 0 Å². The molecule has 1 amide bonds. The molecule has 162 valence electrons. The highest BCUT2D eigenvalue weighted by atomic mass is 16.7. The molecule has 4 atom stereocenters. The lowest BCUT2D eigenvalue weighted by atomic mass is 9.81. The van der Waals surface area contributed by atoms with Gasteiger partial charge in [0.2, 0.25) is 6.29 Å². The smallest absolute Gasteiger partial charge is 0.410 e. The van der Waals surface area contributed by atoms with Gasteiger partial charge in [-0.05, 0) is 31.1 Å². The second kappa shape index (κ2) is 13.4. The summed E-state index contributed by atoms with van der Waals surface area (Å²) in [5, 5.41) is 11.6. The van der Waals surface area contributed by atoms with Crippen molar-refractivity contribution in [3.63, 3.8) is 0 Å². The molecule has 0 saturated heterocycles. The van der Waals surface area contributed by atoms with Gasteiger partial charge in [-0.2, -0.15) is 0 Å². The number of esters is 1. The summed E-state index contributed by atoms with van der Waals surface area (Å²) >= 11 is 0. The fourth-order valence-electron chi connectivity index (χ4n) is 3.76. The van der Waals surface area contributed by atoms with Crippen molar-refractivity contribution in [1.82, 2.24) is 5.32 Å². The third kappa shape index (κ3) is 11.1. The minimum atomic E-state index is -0.881. The van der Waals surface area contributed by atoms with Crippen LogP contribution in [0.4, 0.5) is 4.79 Å². The third-order valence-electron chi connectivity index (χ3n) is 5.37. The normalized spacial score (nSPS) is 21.4. The number of aliphatic carboxylic acids is 1. The molecular weight excluding hydrogens is 362 g/mol. The summed E-state index contributed by atoms with van der Waals surface area (Å²) in [7, 11) is 0. The molecule has 2 N–H and O–H groups in total. The zero-order chi connectivity index (χ0) is 20.9. The van der Waals surface area contributed by atoms with Crippen molar-refractivity contribution < 1.29 is 29.0 Å². The van der Waals surface area contributed by atoms with E-state index in [9.17, 15) is 14.4 Å². The van der Waals surface area contributed by atoms with Crippen molar-refractivity contribution in [2.75, 3.05) is 0 Å². The van der Waals surface area contributed by atoms with E-state index in [1.807, 2.05) is 0 Å². The van der Waals surface area contributed by atoms with E-state index in [1.165, 1.54) is 13.3 Å². The van der Waals surface area contributed by atoms with Gasteiger partial charge in [0.15, 0.2) is 0 Å². The number of ether oxygens (including phenoxy) is 2. The molecular formula is C21H37NO6. The van der Waals surface area contributed by atoms with Crippen LogP contribution in [-0.4, -0.2) is 35.5 Å². The minimum Gasteiger partial charge on any atom is -0.481 e. The Morgan fingerprint density at radius 3 is 2.54 bits per heavy atom. The Kier molecular flexibility index (Phi) is 11.6. The van der Waals surface area contributed by atoms with Crippen LogP contribution in [0.25, 0.3) is 0 Å². The van der Waals surface area contributed by atoms with E-state index in [0.717, 1.165) is 51.4 Å². The van der Waals surface area contributed by atoms with Gasteiger partial charge in [-0.15, -0.1) is 0 Å². The number of carbonyl (C=O) groups is 3. The number of carboxylic acids is 1. The predicted molar refractivity (Wildman–Crippen MR) is 106 cm³/mol. The maximum atomic E-state index is 12.0. The van der Waals surface area contributed by atoms with E-state index in [-0.39, 0.29) is 18.9 Å². The molecule has 1 saturated carbocycles. The van der Waals surface area contributed by atoms with Crippen LogP contribution >= 0.6 is 0 Å². The summed E-state index contributed by atoms with van der Waals surface area (Å²) < 4.78 is 10.0. The Bertz CT molecular complexity index is 495. The Hall–Kier alpha value is -1.79. The van der Waals surface area contributed by atoms with E-state index in [0.29, 0.717) is 11.8 Å². The van der Waals surface area contributed by atoms with Crippen molar-refractivity contribution >= 4 is 18.0 Å². The second-order valence-electron chi connectivity index (χ2n) is 8.01. The summed E-state index contributed by atoms with van der Waals surface area (Å²) in [6.07, 6.45) is 8.32. The largest absolute Gasteiger partial charge is 0.481 e. The highest BCUT2D eigenvalue weighted by Crippen LogP contribution is 2.30. The minimum absolute atomic E-state index is 0.103. The number of alkyl carbamates (subject to hydrolysis) is 1. The summed E-state index contributed by atoms with van der Waals surface area (Å²) in [5.41, 5.74) is 0. The van der Waals surface area contributed by atoms with E-state index in [1.54, 1.807) is 6.92 Å². The van der Waals surface area contributed by atoms with Crippen LogP contribution in [0.1, 0.15) is 91.4 Å². The maximum Gasteiger partial charge on any atom is 0.410 e. The van der Waals surface area contributed by atoms with Crippen molar-refractivity contribution in [1.29, 1.82) is 0 Å². The van der Waals surface area contributed by atoms with Gasteiger partial charge in [0.25, 0.3) is 0 Å². The summed E-state index contributed by atoms with van der Waals surface area (Å²) in [4.78, 5) is 33.8. The number of hydrogen-bond acceptors (Lipinski definition) is 5. The molecule has 0 spiro atoms. The van der Waals surface area contributed by atoms with Crippen LogP contribution in [0, 0.1) is 11.8 Å². The molecule has 1 fully saturated rings. The first-order valence-corrected chi connectivity index (χ1v) is 10.7. The first-order chi connectivity index (χ1) is 13.3. The number of carbonyl (C=O) groups excluding carboxylic acids is 2. The van der Waals surface area contributed by atoms with Gasteiger partial charge in [0, 0.05) is 25.8 Å². The molecule has 0 aromatic carbocycles. The number of rotatable bonds is 12. The van der Waals surface area contributed by atoms with Gasteiger partial charge in [-0.1, -0.05) is 52.4 Å². The van der Waals surface area contributed by atoms with Gasteiger partial charge in [-0.25, -0.2) is 4.79 Å². The first kappa shape index (κ1) is 24.2. The quantitative estimate of drug-likeness (QED) is 0.282. The summed E-state index contributed by atoms with van der Waals surface area (Å²) in [6, 6.07) is 0.103. The van der Waals surface area contributed by atoms with Crippen molar-refractivity contribution in [2.45, 2.75) is 104 Å². The lowest BCUT2D eigenvalue weighted by Gasteiger charge is -2.30. The Morgan fingerprint density at radius 2 is 1.86 bits per heavy atom. The third-order valence-corrected chi connectivity index (χ3v) is 5.37. The van der Waals surface area contributed by atoms with Crippen LogP contribution in [0.5, 0.6) is 0 Å². The summed E-state index contributed by atoms with van der Waals surface area (Å²) in [5.74, 6) is 0.0806. The Morgan fingerprint density at radius 1 is 1.11 bits per heavy atom. The molecule has 7 nitrogen and oxygen atoms in total. The molecule has 0 aromatic heterocycles. The summed E-state index contributed by atoms with van der Waals surface area (Å²) in [6.45, 7) is 5.46. The maximum absolute atomic E-state index is 12.0. The number of unbranched alkanes of at least 4 members (excludes halogenated alkanes) is 1. The van der Waals surface area contributed by atoms with Crippen LogP contribution < -0.4 is 5.32 Å². The fraction of sp³-hybridized carbons (Fsp3) is 0.857. The van der Waals surface area contributed by atoms with Crippen LogP contribution in [0.3, 0.4) is 0 Å². The second-order valence-corrected chi connectivity index (χ2v) is 8.01. The zero-order valence-corrected chi connectivity index (χ0v) is 17.6. The van der Waals surface area contributed by atoms with E-state index < -0.39 is 24.3 Å². The zero-order valence-electron chi connectivity index (χ0n) is 17.6. The molecule has 1 aliphatic rings. The molecule has 0 aromatic rings. The first-order valence-electron chi connectivity index (χ1n) is 10.7. The average molecular weight is 400 g/mol. The number of nitrogens with one attached hydrogen (secondary N) is 1. The van der Waals surface area contributed by atoms with Crippen molar-refractivity contribution in [3.05, 3.63) is 0 Å². The Labute approximate surface area is 168 Å². The van der Waals surface area contributed by atoms with E-state index in [2.05, 4.69) is 12.2 Å². The molecule has 7 heteroatoms. The molecule has 2 unspecified atom stereocenters. The SMILES string of the molecule is CCC(=O)O[C@H](C)OC(=O)NC1CCCC(CC[C@H](C)CCCCC(=O)O)C1. The molecule has 1 rings (SSSR count). The molecule has 1 aliphatic carbocycles. The number of hydrogen-bond donors (Lipinski definition) is 2. The number of carboxylic acid groups (broad SMARTS) is 1. The highest BCUT2D eigenvalue weighted by Gasteiger charge is 2.25.